The topological polar surface area (TPSA) is 35.5 Å². The van der Waals surface area contributed by atoms with Crippen LogP contribution in [0.2, 0.25) is 0 Å². The molecule has 0 aliphatic carbocycles. The quantitative estimate of drug-likeness (QED) is 0.159. The van der Waals surface area contributed by atoms with E-state index in [1.54, 1.807) is 0 Å². The Morgan fingerprint density at radius 3 is 1.57 bits per heavy atom. The van der Waals surface area contributed by atoms with Crippen molar-refractivity contribution in [3.05, 3.63) is 138 Å². The van der Waals surface area contributed by atoms with Crippen molar-refractivity contribution in [2.75, 3.05) is 7.11 Å². The van der Waals surface area contributed by atoms with Crippen LogP contribution in [0.1, 0.15) is 22.8 Å². The zero-order chi connectivity index (χ0) is 24.8. The number of hydrogen-bond donors (Lipinski definition) is 0. The van der Waals surface area contributed by atoms with E-state index in [9.17, 15) is 4.79 Å². The van der Waals surface area contributed by atoms with Gasteiger partial charge in [-0.3, -0.25) is 0 Å². The van der Waals surface area contributed by atoms with Gasteiger partial charge < -0.3 is 9.16 Å². The van der Waals surface area contributed by atoms with Crippen LogP contribution in [0.25, 0.3) is 0 Å². The summed E-state index contributed by atoms with van der Waals surface area (Å²) in [5.41, 5.74) is 3.45. The number of carbonyl (C=O) groups excluding carboxylic acids is 1. The molecule has 0 aromatic heterocycles. The smallest absolute Gasteiger partial charge is 0.336 e. The van der Waals surface area contributed by atoms with Crippen LogP contribution in [-0.4, -0.2) is 21.4 Å². The fourth-order valence-electron chi connectivity index (χ4n) is 4.41. The molecule has 0 saturated carbocycles. The number of hydrogen-bond acceptors (Lipinski definition) is 3. The van der Waals surface area contributed by atoms with Gasteiger partial charge in [-0.15, -0.1) is 0 Å². The third-order valence-corrected chi connectivity index (χ3v) is 10.5. The summed E-state index contributed by atoms with van der Waals surface area (Å²) >= 11 is 0. The lowest BCUT2D eigenvalue weighted by atomic mass is 9.99. The minimum Gasteiger partial charge on any atom is -0.466 e. The van der Waals surface area contributed by atoms with Gasteiger partial charge in [0.25, 0.3) is 8.32 Å². The lowest BCUT2D eigenvalue weighted by Crippen LogP contribution is -2.69. The molecule has 0 amide bonds. The standard InChI is InChI=1S/C31H30O3Si/c1-23-20-21-26(22-24(23)2)30(25(3)31(32)33-4)34-35(27-14-8-5-9-15-27,28-16-10-6-11-17-28)29-18-12-7-13-19-29/h5-22,30H,3H2,1-2,4H3/t30-/m1/s1. The summed E-state index contributed by atoms with van der Waals surface area (Å²) in [6, 6.07) is 37.1. The van der Waals surface area contributed by atoms with Crippen LogP contribution in [0, 0.1) is 13.8 Å². The summed E-state index contributed by atoms with van der Waals surface area (Å²) in [5.74, 6) is -0.481. The average molecular weight is 479 g/mol. The summed E-state index contributed by atoms with van der Waals surface area (Å²) in [6.45, 7) is 8.28. The summed E-state index contributed by atoms with van der Waals surface area (Å²) in [6.07, 6.45) is -0.686. The van der Waals surface area contributed by atoms with Gasteiger partial charge in [0.1, 0.15) is 6.10 Å². The van der Waals surface area contributed by atoms with Crippen LogP contribution in [0.3, 0.4) is 0 Å². The molecule has 0 radical (unpaired) electrons. The van der Waals surface area contributed by atoms with E-state index < -0.39 is 20.4 Å². The van der Waals surface area contributed by atoms with Crippen LogP contribution in [0.5, 0.6) is 0 Å². The second kappa shape index (κ2) is 10.7. The van der Waals surface area contributed by atoms with E-state index in [-0.39, 0.29) is 5.57 Å². The Hall–Kier alpha value is -3.73. The largest absolute Gasteiger partial charge is 0.466 e. The van der Waals surface area contributed by atoms with Crippen molar-refractivity contribution < 1.29 is 14.0 Å². The fraction of sp³-hybridized carbons (Fsp3) is 0.129. The van der Waals surface area contributed by atoms with Gasteiger partial charge in [-0.25, -0.2) is 4.79 Å². The number of methoxy groups -OCH3 is 1. The molecule has 4 aromatic rings. The molecule has 0 spiro atoms. The molecule has 0 bridgehead atoms. The average Bonchev–Trinajstić information content (AvgIpc) is 2.92. The number of esters is 1. The molecule has 4 aromatic carbocycles. The normalized spacial score (nSPS) is 12.1. The molecule has 0 aliphatic heterocycles. The van der Waals surface area contributed by atoms with Crippen molar-refractivity contribution in [2.45, 2.75) is 20.0 Å². The maximum Gasteiger partial charge on any atom is 0.336 e. The van der Waals surface area contributed by atoms with Crippen molar-refractivity contribution in [1.29, 1.82) is 0 Å². The van der Waals surface area contributed by atoms with Gasteiger partial charge in [-0.05, 0) is 46.1 Å². The second-order valence-corrected chi connectivity index (χ2v) is 12.0. The fourth-order valence-corrected chi connectivity index (χ4v) is 8.43. The number of ether oxygens (including phenoxy) is 1. The Balaban J connectivity index is 2.01. The van der Waals surface area contributed by atoms with Crippen LogP contribution in [0.15, 0.2) is 121 Å². The minimum atomic E-state index is -3.09. The zero-order valence-corrected chi connectivity index (χ0v) is 21.4. The molecule has 1 atom stereocenters. The molecule has 4 rings (SSSR count). The molecule has 4 heteroatoms. The lowest BCUT2D eigenvalue weighted by molar-refractivity contribution is -0.137. The highest BCUT2D eigenvalue weighted by Gasteiger charge is 2.45. The predicted molar refractivity (Wildman–Crippen MR) is 145 cm³/mol. The van der Waals surface area contributed by atoms with E-state index in [1.165, 1.54) is 12.7 Å². The molecule has 176 valence electrons. The first-order valence-corrected chi connectivity index (χ1v) is 13.6. The number of carbonyl (C=O) groups is 1. The second-order valence-electron chi connectivity index (χ2n) is 8.64. The number of rotatable bonds is 8. The third-order valence-electron chi connectivity index (χ3n) is 6.43. The molecule has 0 unspecified atom stereocenters. The Morgan fingerprint density at radius 1 is 0.714 bits per heavy atom. The van der Waals surface area contributed by atoms with Crippen molar-refractivity contribution in [3.63, 3.8) is 0 Å². The highest BCUT2D eigenvalue weighted by molar-refractivity contribution is 7.07. The van der Waals surface area contributed by atoms with Crippen molar-refractivity contribution in [1.82, 2.24) is 0 Å². The SMILES string of the molecule is C=C(C(=O)OC)[C@@H](O[Si](c1ccccc1)(c1ccccc1)c1ccccc1)c1ccc(C)c(C)c1. The number of benzene rings is 4. The van der Waals surface area contributed by atoms with Crippen LogP contribution in [0.4, 0.5) is 0 Å². The van der Waals surface area contributed by atoms with E-state index in [0.717, 1.165) is 26.7 Å². The lowest BCUT2D eigenvalue weighted by Gasteiger charge is -2.37. The molecule has 0 saturated heterocycles. The van der Waals surface area contributed by atoms with Crippen molar-refractivity contribution >= 4 is 29.8 Å². The van der Waals surface area contributed by atoms with Gasteiger partial charge in [0, 0.05) is 0 Å². The molecule has 3 nitrogen and oxygen atoms in total. The van der Waals surface area contributed by atoms with E-state index in [2.05, 4.69) is 69.0 Å². The van der Waals surface area contributed by atoms with Crippen LogP contribution in [-0.2, 0) is 14.0 Å². The van der Waals surface area contributed by atoms with Gasteiger partial charge in [0.05, 0.1) is 12.7 Å². The van der Waals surface area contributed by atoms with E-state index in [4.69, 9.17) is 9.16 Å². The predicted octanol–water partition coefficient (Wildman–Crippen LogP) is 4.76. The number of aryl methyl sites for hydroxylation is 2. The maximum atomic E-state index is 12.8. The van der Waals surface area contributed by atoms with E-state index >= 15 is 0 Å². The molecular weight excluding hydrogens is 448 g/mol. The first-order valence-electron chi connectivity index (χ1n) is 11.7. The van der Waals surface area contributed by atoms with Crippen molar-refractivity contribution in [3.8, 4) is 0 Å². The first-order chi connectivity index (χ1) is 17.0. The monoisotopic (exact) mass is 478 g/mol. The Bertz CT molecular complexity index is 1200. The van der Waals surface area contributed by atoms with Crippen molar-refractivity contribution in [2.24, 2.45) is 0 Å². The highest BCUT2D eigenvalue weighted by atomic mass is 28.4. The third kappa shape index (κ3) is 4.90. The van der Waals surface area contributed by atoms with Gasteiger partial charge in [-0.1, -0.05) is 116 Å². The molecule has 0 fully saturated rings. The van der Waals surface area contributed by atoms with Crippen LogP contribution < -0.4 is 15.6 Å². The molecule has 0 heterocycles. The Kier molecular flexibility index (Phi) is 7.44. The molecular formula is C31H30O3Si. The maximum absolute atomic E-state index is 12.8. The summed E-state index contributed by atoms with van der Waals surface area (Å²) < 4.78 is 12.4. The molecule has 0 aliphatic rings. The first kappa shape index (κ1) is 24.4. The van der Waals surface area contributed by atoms with Crippen LogP contribution >= 0.6 is 0 Å². The molecule has 0 N–H and O–H groups in total. The van der Waals surface area contributed by atoms with E-state index in [0.29, 0.717) is 0 Å². The highest BCUT2D eigenvalue weighted by Crippen LogP contribution is 2.31. The molecule has 35 heavy (non-hydrogen) atoms. The Labute approximate surface area is 208 Å². The van der Waals surface area contributed by atoms with Gasteiger partial charge in [0.15, 0.2) is 0 Å². The summed E-state index contributed by atoms with van der Waals surface area (Å²) in [4.78, 5) is 12.8. The Morgan fingerprint density at radius 2 is 1.17 bits per heavy atom. The summed E-state index contributed by atoms with van der Waals surface area (Å²) in [5, 5.41) is 3.26. The van der Waals surface area contributed by atoms with E-state index in [1.807, 2.05) is 60.7 Å². The van der Waals surface area contributed by atoms with Gasteiger partial charge in [-0.2, -0.15) is 0 Å². The van der Waals surface area contributed by atoms with Gasteiger partial charge >= 0.3 is 5.97 Å². The summed E-state index contributed by atoms with van der Waals surface area (Å²) in [7, 11) is -1.71. The zero-order valence-electron chi connectivity index (χ0n) is 20.4. The van der Waals surface area contributed by atoms with Gasteiger partial charge in [0.2, 0.25) is 0 Å². The minimum absolute atomic E-state index is 0.274.